The third-order valence-electron chi connectivity index (χ3n) is 9.93. The summed E-state index contributed by atoms with van der Waals surface area (Å²) in [7, 11) is 1.59. The first-order chi connectivity index (χ1) is 24.5. The number of nitrogens with zero attached hydrogens (tertiary/aromatic N) is 4. The van der Waals surface area contributed by atoms with Crippen LogP contribution in [0.2, 0.25) is 10.0 Å². The number of hydrogen-bond acceptors (Lipinski definition) is 8. The lowest BCUT2D eigenvalue weighted by Crippen LogP contribution is -2.55. The van der Waals surface area contributed by atoms with Gasteiger partial charge in [-0.1, -0.05) is 65.7 Å². The number of likely N-dealkylation sites (tertiary alicyclic amines) is 1. The number of carbonyl (C=O) groups excluding carboxylic acids is 1. The minimum absolute atomic E-state index is 0.0943. The Morgan fingerprint density at radius 1 is 0.980 bits per heavy atom. The molecule has 2 aliphatic rings. The van der Waals surface area contributed by atoms with Crippen LogP contribution in [0, 0.1) is 5.92 Å². The molecule has 12 heteroatoms. The maximum absolute atomic E-state index is 13.4. The molecule has 3 N–H and O–H groups in total. The Kier molecular flexibility index (Phi) is 9.88. The van der Waals surface area contributed by atoms with Gasteiger partial charge in [0.05, 0.1) is 34.0 Å². The van der Waals surface area contributed by atoms with Crippen LogP contribution in [-0.2, 0) is 17.9 Å². The van der Waals surface area contributed by atoms with Gasteiger partial charge in [-0.2, -0.15) is 0 Å². The zero-order chi connectivity index (χ0) is 35.9. The van der Waals surface area contributed by atoms with E-state index < -0.39 is 5.60 Å². The number of aromatic nitrogens is 3. The van der Waals surface area contributed by atoms with Crippen LogP contribution in [0.25, 0.3) is 39.2 Å². The summed E-state index contributed by atoms with van der Waals surface area (Å²) in [5.41, 5.74) is 5.68. The molecule has 2 aliphatic heterocycles. The van der Waals surface area contributed by atoms with Crippen LogP contribution in [0.5, 0.6) is 5.88 Å². The van der Waals surface area contributed by atoms with Crippen molar-refractivity contribution in [1.29, 1.82) is 0 Å². The summed E-state index contributed by atoms with van der Waals surface area (Å²) in [6, 6.07) is 19.3. The Balaban J connectivity index is 1.12. The molecular formula is C39H40Cl2N6O4. The van der Waals surface area contributed by atoms with Gasteiger partial charge >= 0.3 is 0 Å². The fourth-order valence-corrected chi connectivity index (χ4v) is 7.48. The fraction of sp³-hybridized carbons (Fsp3) is 0.333. The van der Waals surface area contributed by atoms with Gasteiger partial charge in [0.15, 0.2) is 0 Å². The number of nitrogens with one attached hydrogen (secondary N) is 2. The molecule has 0 bridgehead atoms. The van der Waals surface area contributed by atoms with E-state index in [1.807, 2.05) is 74.5 Å². The monoisotopic (exact) mass is 726 g/mol. The molecule has 2 fully saturated rings. The number of methoxy groups -OCH3 is 1. The number of pyridine rings is 2. The molecule has 264 valence electrons. The van der Waals surface area contributed by atoms with Crippen molar-refractivity contribution in [3.63, 3.8) is 0 Å². The number of aliphatic hydroxyl groups is 1. The minimum Gasteiger partial charge on any atom is -0.481 e. The van der Waals surface area contributed by atoms with E-state index in [9.17, 15) is 14.7 Å². The lowest BCUT2D eigenvalue weighted by atomic mass is 9.84. The lowest BCUT2D eigenvalue weighted by Gasteiger charge is -2.45. The van der Waals surface area contributed by atoms with Crippen molar-refractivity contribution in [3.8, 4) is 39.4 Å². The van der Waals surface area contributed by atoms with E-state index >= 15 is 0 Å². The van der Waals surface area contributed by atoms with E-state index in [1.54, 1.807) is 23.9 Å². The Labute approximate surface area is 306 Å². The fourth-order valence-electron chi connectivity index (χ4n) is 6.82. The first kappa shape index (κ1) is 35.1. The largest absolute Gasteiger partial charge is 0.481 e. The summed E-state index contributed by atoms with van der Waals surface area (Å²) in [5.74, 6) is 0.776. The van der Waals surface area contributed by atoms with Gasteiger partial charge in [0.2, 0.25) is 11.8 Å². The van der Waals surface area contributed by atoms with Crippen LogP contribution in [0.3, 0.4) is 0 Å². The third-order valence-corrected chi connectivity index (χ3v) is 10.7. The van der Waals surface area contributed by atoms with E-state index in [4.69, 9.17) is 32.9 Å². The summed E-state index contributed by atoms with van der Waals surface area (Å²) >= 11 is 14.2. The smallest absolute Gasteiger partial charge is 0.262 e. The summed E-state index contributed by atoms with van der Waals surface area (Å²) < 4.78 is 7.20. The lowest BCUT2D eigenvalue weighted by molar-refractivity contribution is -0.119. The molecule has 7 rings (SSSR count). The number of ether oxygens (including phenoxy) is 1. The van der Waals surface area contributed by atoms with E-state index in [-0.39, 0.29) is 23.4 Å². The van der Waals surface area contributed by atoms with Crippen LogP contribution >= 0.6 is 23.2 Å². The first-order valence-corrected chi connectivity index (χ1v) is 17.8. The second kappa shape index (κ2) is 14.4. The number of fused-ring (bicyclic) bond motifs is 1. The minimum atomic E-state index is -0.732. The average Bonchev–Trinajstić information content (AvgIpc) is 3.51. The Morgan fingerprint density at radius 3 is 2.37 bits per heavy atom. The summed E-state index contributed by atoms with van der Waals surface area (Å²) in [6.07, 6.45) is 4.78. The Bertz CT molecular complexity index is 2180. The van der Waals surface area contributed by atoms with Crippen molar-refractivity contribution in [2.75, 3.05) is 26.7 Å². The molecule has 2 aromatic carbocycles. The third kappa shape index (κ3) is 7.24. The van der Waals surface area contributed by atoms with Crippen LogP contribution in [-0.4, -0.2) is 68.7 Å². The van der Waals surface area contributed by atoms with Gasteiger partial charge in [-0.05, 0) is 44.0 Å². The zero-order valence-electron chi connectivity index (χ0n) is 28.7. The predicted octanol–water partition coefficient (Wildman–Crippen LogP) is 5.98. The van der Waals surface area contributed by atoms with E-state index in [0.717, 1.165) is 52.9 Å². The standard InChI is InChI=1S/C39H40Cl2N6O4/c1-39(2,50)26-21-46(22-26)20-25-18-43-33-16-23(14-15-47(33)38(25)49)28-6-4-7-29(35(28)40)30-8-5-9-31(36(30)41)32-12-10-24(37(45-32)51-3)17-42-19-27-11-13-34(48)44-27/h4-10,12,14-16,18,26-27,42,50H,11,13,17,19-22H2,1-3H3,(H,44,48). The van der Waals surface area contributed by atoms with Crippen molar-refractivity contribution in [3.05, 3.63) is 105 Å². The summed E-state index contributed by atoms with van der Waals surface area (Å²) in [6.45, 7) is 6.83. The highest BCUT2D eigenvalue weighted by Crippen LogP contribution is 2.42. The molecule has 0 radical (unpaired) electrons. The average molecular weight is 728 g/mol. The summed E-state index contributed by atoms with van der Waals surface area (Å²) in [5, 5.41) is 17.6. The van der Waals surface area contributed by atoms with Gasteiger partial charge < -0.3 is 20.5 Å². The van der Waals surface area contributed by atoms with Crippen LogP contribution < -0.4 is 20.9 Å². The number of rotatable bonds is 11. The van der Waals surface area contributed by atoms with Crippen molar-refractivity contribution < 1.29 is 14.6 Å². The molecule has 5 aromatic rings. The second-order valence-electron chi connectivity index (χ2n) is 13.9. The van der Waals surface area contributed by atoms with Gasteiger partial charge in [-0.3, -0.25) is 18.9 Å². The zero-order valence-corrected chi connectivity index (χ0v) is 30.3. The molecule has 1 unspecified atom stereocenters. The summed E-state index contributed by atoms with van der Waals surface area (Å²) in [4.78, 5) is 36.4. The maximum Gasteiger partial charge on any atom is 0.262 e. The second-order valence-corrected chi connectivity index (χ2v) is 14.7. The molecule has 5 heterocycles. The quantitative estimate of drug-likeness (QED) is 0.152. The van der Waals surface area contributed by atoms with E-state index in [0.29, 0.717) is 58.9 Å². The number of benzene rings is 2. The topological polar surface area (TPSA) is 121 Å². The molecule has 10 nitrogen and oxygen atoms in total. The van der Waals surface area contributed by atoms with Crippen LogP contribution in [0.15, 0.2) is 77.9 Å². The Morgan fingerprint density at radius 2 is 1.69 bits per heavy atom. The molecule has 3 aromatic heterocycles. The molecular weight excluding hydrogens is 687 g/mol. The molecule has 1 amide bonds. The first-order valence-electron chi connectivity index (χ1n) is 17.1. The molecule has 0 saturated carbocycles. The SMILES string of the molecule is COc1nc(-c2cccc(-c3cccc(-c4ccn5c(=O)c(CN6CC(C(C)(C)O)C6)cnc5c4)c3Cl)c2Cl)ccc1CNCC1CCC(=O)N1. The van der Waals surface area contributed by atoms with E-state index in [2.05, 4.69) is 20.5 Å². The maximum atomic E-state index is 13.4. The number of carbonyl (C=O) groups is 1. The van der Waals surface area contributed by atoms with E-state index in [1.165, 1.54) is 0 Å². The molecule has 2 saturated heterocycles. The molecule has 1 atom stereocenters. The highest BCUT2D eigenvalue weighted by molar-refractivity contribution is 6.39. The van der Waals surface area contributed by atoms with Crippen molar-refractivity contribution in [2.45, 2.75) is 51.4 Å². The number of amides is 1. The highest BCUT2D eigenvalue weighted by Gasteiger charge is 2.37. The van der Waals surface area contributed by atoms with Crippen molar-refractivity contribution in [2.24, 2.45) is 5.92 Å². The van der Waals surface area contributed by atoms with Crippen molar-refractivity contribution in [1.82, 2.24) is 29.9 Å². The molecule has 0 spiro atoms. The van der Waals surface area contributed by atoms with Crippen LogP contribution in [0.1, 0.15) is 37.8 Å². The Hall–Kier alpha value is -4.32. The van der Waals surface area contributed by atoms with Gasteiger partial charge in [0.1, 0.15) is 5.65 Å². The van der Waals surface area contributed by atoms with Gasteiger partial charge in [-0.25, -0.2) is 9.97 Å². The number of halogens is 2. The van der Waals surface area contributed by atoms with Gasteiger partial charge in [-0.15, -0.1) is 0 Å². The van der Waals surface area contributed by atoms with Crippen LogP contribution in [0.4, 0.5) is 0 Å². The normalized spacial score (nSPS) is 16.7. The molecule has 51 heavy (non-hydrogen) atoms. The number of hydrogen-bond donors (Lipinski definition) is 3. The van der Waals surface area contributed by atoms with Gasteiger partial charge in [0, 0.05) is 91.3 Å². The predicted molar refractivity (Wildman–Crippen MR) is 200 cm³/mol. The van der Waals surface area contributed by atoms with Gasteiger partial charge in [0.25, 0.3) is 5.56 Å². The highest BCUT2D eigenvalue weighted by atomic mass is 35.5. The van der Waals surface area contributed by atoms with Crippen molar-refractivity contribution >= 4 is 34.8 Å². The molecule has 0 aliphatic carbocycles.